The third-order valence-electron chi connectivity index (χ3n) is 4.33. The number of benzene rings is 2. The van der Waals surface area contributed by atoms with E-state index in [0.717, 1.165) is 15.8 Å². The van der Waals surface area contributed by atoms with Crippen LogP contribution in [0.15, 0.2) is 53.5 Å². The summed E-state index contributed by atoms with van der Waals surface area (Å²) in [5.74, 6) is -0.163. The molecule has 0 fully saturated rings. The highest BCUT2D eigenvalue weighted by Gasteiger charge is 2.11. The molecular formula is C21H22N2O3S. The second-order valence-corrected chi connectivity index (χ2v) is 7.60. The van der Waals surface area contributed by atoms with E-state index in [0.29, 0.717) is 10.7 Å². The predicted molar refractivity (Wildman–Crippen MR) is 107 cm³/mol. The van der Waals surface area contributed by atoms with Crippen molar-refractivity contribution >= 4 is 33.4 Å². The average molecular weight is 382 g/mol. The number of amides is 1. The van der Waals surface area contributed by atoms with Gasteiger partial charge in [-0.15, -0.1) is 0 Å². The van der Waals surface area contributed by atoms with Crippen molar-refractivity contribution in [1.82, 2.24) is 4.57 Å². The van der Waals surface area contributed by atoms with Crippen molar-refractivity contribution < 1.29 is 14.3 Å². The van der Waals surface area contributed by atoms with Gasteiger partial charge in [-0.25, -0.2) is 0 Å². The second-order valence-electron chi connectivity index (χ2n) is 6.59. The third-order valence-corrected chi connectivity index (χ3v) is 5.38. The van der Waals surface area contributed by atoms with Gasteiger partial charge >= 0.3 is 5.97 Å². The van der Waals surface area contributed by atoms with E-state index < -0.39 is 0 Å². The fourth-order valence-corrected chi connectivity index (χ4v) is 3.84. The topological polar surface area (TPSA) is 60.7 Å². The number of para-hydroxylation sites is 1. The first-order chi connectivity index (χ1) is 13.0. The average Bonchev–Trinajstić information content (AvgIpc) is 2.99. The Hall–Kier alpha value is -2.73. The third kappa shape index (κ3) is 4.52. The van der Waals surface area contributed by atoms with Crippen LogP contribution in [0.4, 0.5) is 0 Å². The minimum Gasteiger partial charge on any atom is -0.468 e. The Bertz CT molecular complexity index is 1030. The van der Waals surface area contributed by atoms with E-state index in [1.54, 1.807) is 4.57 Å². The lowest BCUT2D eigenvalue weighted by Gasteiger charge is -2.06. The molecule has 0 saturated heterocycles. The van der Waals surface area contributed by atoms with Crippen LogP contribution in [-0.4, -0.2) is 23.6 Å². The summed E-state index contributed by atoms with van der Waals surface area (Å²) in [5.41, 5.74) is 3.03. The molecule has 3 rings (SSSR count). The Morgan fingerprint density at radius 1 is 1.11 bits per heavy atom. The van der Waals surface area contributed by atoms with Crippen molar-refractivity contribution in [2.45, 2.75) is 32.7 Å². The lowest BCUT2D eigenvalue weighted by molar-refractivity contribution is -0.141. The maximum Gasteiger partial charge on any atom is 0.325 e. The molecule has 140 valence electrons. The molecule has 6 heteroatoms. The van der Waals surface area contributed by atoms with Crippen LogP contribution >= 0.6 is 11.3 Å². The molecule has 0 N–H and O–H groups in total. The SMILES string of the molecule is COC(=O)Cn1c(=NC(=O)Cc2ccc(C(C)C)cc2)sc2ccccc21. The Morgan fingerprint density at radius 2 is 1.81 bits per heavy atom. The summed E-state index contributed by atoms with van der Waals surface area (Å²) in [7, 11) is 1.35. The zero-order chi connectivity index (χ0) is 19.4. The minimum absolute atomic E-state index is 0.0235. The Balaban J connectivity index is 1.91. The second kappa shape index (κ2) is 8.31. The molecule has 2 aromatic carbocycles. The number of rotatable bonds is 5. The molecule has 0 atom stereocenters. The number of ether oxygens (including phenoxy) is 1. The van der Waals surface area contributed by atoms with Crippen LogP contribution in [0, 0.1) is 0 Å². The van der Waals surface area contributed by atoms with Crippen LogP contribution in [0.25, 0.3) is 10.2 Å². The Kier molecular flexibility index (Phi) is 5.86. The summed E-state index contributed by atoms with van der Waals surface area (Å²) in [6.07, 6.45) is 0.227. The van der Waals surface area contributed by atoms with Crippen molar-refractivity contribution in [3.63, 3.8) is 0 Å². The summed E-state index contributed by atoms with van der Waals surface area (Å²) < 4.78 is 7.47. The number of hydrogen-bond donors (Lipinski definition) is 0. The molecule has 0 bridgehead atoms. The van der Waals surface area contributed by atoms with Crippen LogP contribution in [0.1, 0.15) is 30.9 Å². The van der Waals surface area contributed by atoms with Crippen molar-refractivity contribution in [2.75, 3.05) is 7.11 Å². The fraction of sp³-hybridized carbons (Fsp3) is 0.286. The van der Waals surface area contributed by atoms with Crippen LogP contribution in [0.5, 0.6) is 0 Å². The van der Waals surface area contributed by atoms with Gasteiger partial charge in [0, 0.05) is 0 Å². The number of carbonyl (C=O) groups excluding carboxylic acids is 2. The number of fused-ring (bicyclic) bond motifs is 1. The predicted octanol–water partition coefficient (Wildman–Crippen LogP) is 3.67. The van der Waals surface area contributed by atoms with Gasteiger partial charge in [0.1, 0.15) is 6.54 Å². The van der Waals surface area contributed by atoms with E-state index in [2.05, 4.69) is 18.8 Å². The van der Waals surface area contributed by atoms with Gasteiger partial charge < -0.3 is 9.30 Å². The van der Waals surface area contributed by atoms with Crippen LogP contribution in [0.2, 0.25) is 0 Å². The lowest BCUT2D eigenvalue weighted by Crippen LogP contribution is -2.22. The van der Waals surface area contributed by atoms with E-state index in [9.17, 15) is 9.59 Å². The number of esters is 1. The van der Waals surface area contributed by atoms with E-state index in [1.807, 2.05) is 48.5 Å². The zero-order valence-electron chi connectivity index (χ0n) is 15.6. The van der Waals surface area contributed by atoms with Gasteiger partial charge in [0.2, 0.25) is 0 Å². The molecule has 5 nitrogen and oxygen atoms in total. The highest BCUT2D eigenvalue weighted by Crippen LogP contribution is 2.17. The molecule has 0 radical (unpaired) electrons. The first-order valence-electron chi connectivity index (χ1n) is 8.79. The van der Waals surface area contributed by atoms with E-state index in [4.69, 9.17) is 4.74 Å². The highest BCUT2D eigenvalue weighted by molar-refractivity contribution is 7.16. The van der Waals surface area contributed by atoms with Gasteiger partial charge in [0.25, 0.3) is 5.91 Å². The van der Waals surface area contributed by atoms with E-state index in [1.165, 1.54) is 24.0 Å². The maximum absolute atomic E-state index is 12.5. The maximum atomic E-state index is 12.5. The Labute approximate surface area is 161 Å². The van der Waals surface area contributed by atoms with Gasteiger partial charge in [-0.3, -0.25) is 9.59 Å². The zero-order valence-corrected chi connectivity index (χ0v) is 16.5. The number of thiazole rings is 1. The van der Waals surface area contributed by atoms with Crippen LogP contribution in [0.3, 0.4) is 0 Å². The van der Waals surface area contributed by atoms with Gasteiger partial charge in [-0.2, -0.15) is 4.99 Å². The molecule has 1 heterocycles. The first-order valence-corrected chi connectivity index (χ1v) is 9.61. The number of hydrogen-bond acceptors (Lipinski definition) is 4. The smallest absolute Gasteiger partial charge is 0.325 e. The summed E-state index contributed by atoms with van der Waals surface area (Å²) in [5, 5.41) is 0. The van der Waals surface area contributed by atoms with Gasteiger partial charge in [0.15, 0.2) is 4.80 Å². The summed E-state index contributed by atoms with van der Waals surface area (Å²) in [6.45, 7) is 4.30. The summed E-state index contributed by atoms with van der Waals surface area (Å²) in [4.78, 5) is 29.0. The standard InChI is InChI=1S/C21H22N2O3S/c1-14(2)16-10-8-15(9-11-16)12-19(24)22-21-23(13-20(25)26-3)17-6-4-5-7-18(17)27-21/h4-11,14H,12-13H2,1-3H3. The molecule has 0 unspecified atom stereocenters. The molecular weight excluding hydrogens is 360 g/mol. The van der Waals surface area contributed by atoms with Crippen LogP contribution in [-0.2, 0) is 27.3 Å². The number of carbonyl (C=O) groups is 2. The molecule has 0 saturated carbocycles. The molecule has 1 amide bonds. The molecule has 1 aromatic heterocycles. The Morgan fingerprint density at radius 3 is 2.48 bits per heavy atom. The molecule has 27 heavy (non-hydrogen) atoms. The minimum atomic E-state index is -0.378. The summed E-state index contributed by atoms with van der Waals surface area (Å²) in [6, 6.07) is 15.7. The first kappa shape index (κ1) is 19.0. The molecule has 3 aromatic rings. The van der Waals surface area contributed by atoms with Gasteiger partial charge in [-0.05, 0) is 29.2 Å². The van der Waals surface area contributed by atoms with Crippen molar-refractivity contribution in [3.8, 4) is 0 Å². The number of methoxy groups -OCH3 is 1. The van der Waals surface area contributed by atoms with Gasteiger partial charge in [0.05, 0.1) is 23.7 Å². The van der Waals surface area contributed by atoms with E-state index in [-0.39, 0.29) is 24.8 Å². The normalized spacial score (nSPS) is 11.9. The quantitative estimate of drug-likeness (QED) is 0.633. The highest BCUT2D eigenvalue weighted by atomic mass is 32.1. The number of aromatic nitrogens is 1. The fourth-order valence-electron chi connectivity index (χ4n) is 2.79. The molecule has 0 aliphatic carbocycles. The van der Waals surface area contributed by atoms with Crippen molar-refractivity contribution in [3.05, 3.63) is 64.5 Å². The van der Waals surface area contributed by atoms with E-state index >= 15 is 0 Å². The molecule has 0 aliphatic heterocycles. The monoisotopic (exact) mass is 382 g/mol. The molecule has 0 aliphatic rings. The summed E-state index contributed by atoms with van der Waals surface area (Å²) >= 11 is 1.39. The van der Waals surface area contributed by atoms with Crippen molar-refractivity contribution in [2.24, 2.45) is 4.99 Å². The van der Waals surface area contributed by atoms with Crippen LogP contribution < -0.4 is 4.80 Å². The van der Waals surface area contributed by atoms with Gasteiger partial charge in [-0.1, -0.05) is 61.6 Å². The molecule has 0 spiro atoms. The lowest BCUT2D eigenvalue weighted by atomic mass is 10.0. The van der Waals surface area contributed by atoms with Crippen molar-refractivity contribution in [1.29, 1.82) is 0 Å². The largest absolute Gasteiger partial charge is 0.468 e. The number of nitrogens with zero attached hydrogens (tertiary/aromatic N) is 2.